The Bertz CT molecular complexity index is 1310. The summed E-state index contributed by atoms with van der Waals surface area (Å²) in [5.74, 6) is -0.741. The molecule has 2 amide bonds. The lowest BCUT2D eigenvalue weighted by Crippen LogP contribution is -2.17. The zero-order valence-electron chi connectivity index (χ0n) is 16.6. The second-order valence-corrected chi connectivity index (χ2v) is 8.85. The van der Waals surface area contributed by atoms with E-state index in [1.165, 1.54) is 23.5 Å². The molecule has 2 aromatic carbocycles. The van der Waals surface area contributed by atoms with Gasteiger partial charge >= 0.3 is 0 Å². The summed E-state index contributed by atoms with van der Waals surface area (Å²) in [6, 6.07) is 16.2. The molecule has 0 radical (unpaired) electrons. The number of amides is 2. The highest BCUT2D eigenvalue weighted by Crippen LogP contribution is 2.28. The molecule has 4 rings (SSSR count). The average Bonchev–Trinajstić information content (AvgIpc) is 3.43. The Morgan fingerprint density at radius 1 is 0.906 bits per heavy atom. The number of carbonyl (C=O) groups is 2. The minimum Gasteiger partial charge on any atom is -0.321 e. The van der Waals surface area contributed by atoms with Crippen LogP contribution in [0.15, 0.2) is 60.7 Å². The van der Waals surface area contributed by atoms with Crippen LogP contribution in [0.3, 0.4) is 0 Å². The van der Waals surface area contributed by atoms with Crippen LogP contribution < -0.4 is 10.6 Å². The van der Waals surface area contributed by atoms with Gasteiger partial charge in [-0.25, -0.2) is 0 Å². The van der Waals surface area contributed by atoms with E-state index in [1.54, 1.807) is 42.5 Å². The van der Waals surface area contributed by atoms with Gasteiger partial charge in [0.25, 0.3) is 17.5 Å². The van der Waals surface area contributed by atoms with Gasteiger partial charge in [-0.15, -0.1) is 21.5 Å². The largest absolute Gasteiger partial charge is 0.321 e. The van der Waals surface area contributed by atoms with Crippen LogP contribution in [0, 0.1) is 17.0 Å². The van der Waals surface area contributed by atoms with E-state index in [-0.39, 0.29) is 22.3 Å². The number of anilines is 2. The molecular formula is C21H15N5O4S2. The van der Waals surface area contributed by atoms with E-state index in [2.05, 4.69) is 20.8 Å². The van der Waals surface area contributed by atoms with Gasteiger partial charge in [0.05, 0.1) is 21.1 Å². The molecule has 0 aliphatic rings. The number of benzene rings is 2. The van der Waals surface area contributed by atoms with Crippen molar-refractivity contribution in [2.75, 3.05) is 10.6 Å². The minimum atomic E-state index is -0.481. The van der Waals surface area contributed by atoms with Gasteiger partial charge in [-0.2, -0.15) is 0 Å². The van der Waals surface area contributed by atoms with Crippen LogP contribution in [-0.2, 0) is 0 Å². The first-order valence-corrected chi connectivity index (χ1v) is 10.9. The minimum absolute atomic E-state index is 0.0249. The van der Waals surface area contributed by atoms with Crippen molar-refractivity contribution in [3.05, 3.63) is 86.1 Å². The van der Waals surface area contributed by atoms with Crippen LogP contribution in [0.2, 0.25) is 0 Å². The predicted molar refractivity (Wildman–Crippen MR) is 123 cm³/mol. The number of para-hydroxylation sites is 1. The van der Waals surface area contributed by atoms with Gasteiger partial charge < -0.3 is 5.32 Å². The maximum absolute atomic E-state index is 12.8. The van der Waals surface area contributed by atoms with Crippen molar-refractivity contribution in [1.29, 1.82) is 0 Å². The first-order valence-electron chi connectivity index (χ1n) is 9.27. The standard InChI is InChI=1S/C21H15N5O4S2/c1-12-6-11-17(31-12)19(28)22-16-5-3-2-4-15(16)18(27)23-21-25-24-20(32-21)13-7-9-14(10-8-13)26(29)30/h2-11H,1H3,(H,22,28)(H,23,25,27). The van der Waals surface area contributed by atoms with Crippen molar-refractivity contribution < 1.29 is 14.5 Å². The van der Waals surface area contributed by atoms with Crippen molar-refractivity contribution in [3.63, 3.8) is 0 Å². The molecule has 0 aliphatic heterocycles. The lowest BCUT2D eigenvalue weighted by atomic mass is 10.1. The number of nitrogens with zero attached hydrogens (tertiary/aromatic N) is 3. The third-order valence-corrected chi connectivity index (χ3v) is 6.24. The quantitative estimate of drug-likeness (QED) is 0.305. The zero-order valence-corrected chi connectivity index (χ0v) is 18.2. The van der Waals surface area contributed by atoms with Crippen molar-refractivity contribution >= 4 is 51.0 Å². The molecule has 2 N–H and O–H groups in total. The van der Waals surface area contributed by atoms with Crippen LogP contribution in [-0.4, -0.2) is 26.9 Å². The number of nitro groups is 1. The number of non-ortho nitro benzene ring substituents is 1. The van der Waals surface area contributed by atoms with Gasteiger partial charge in [0.2, 0.25) is 5.13 Å². The van der Waals surface area contributed by atoms with E-state index < -0.39 is 10.8 Å². The van der Waals surface area contributed by atoms with E-state index in [0.29, 0.717) is 21.1 Å². The van der Waals surface area contributed by atoms with Crippen LogP contribution in [0.25, 0.3) is 10.6 Å². The molecule has 9 nitrogen and oxygen atoms in total. The second kappa shape index (κ2) is 9.04. The van der Waals surface area contributed by atoms with Crippen molar-refractivity contribution in [3.8, 4) is 10.6 Å². The van der Waals surface area contributed by atoms with E-state index in [9.17, 15) is 19.7 Å². The van der Waals surface area contributed by atoms with Gasteiger partial charge in [-0.05, 0) is 43.3 Å². The summed E-state index contributed by atoms with van der Waals surface area (Å²) >= 11 is 2.50. The van der Waals surface area contributed by atoms with E-state index in [0.717, 1.165) is 16.2 Å². The number of nitrogens with one attached hydrogen (secondary N) is 2. The molecular weight excluding hydrogens is 450 g/mol. The van der Waals surface area contributed by atoms with Gasteiger partial charge in [0.15, 0.2) is 0 Å². The summed E-state index contributed by atoms with van der Waals surface area (Å²) < 4.78 is 0. The number of nitro benzene ring substituents is 1. The Kier molecular flexibility index (Phi) is 6.01. The number of hydrogen-bond donors (Lipinski definition) is 2. The average molecular weight is 466 g/mol. The third kappa shape index (κ3) is 4.68. The Labute approximate surface area is 189 Å². The molecule has 32 heavy (non-hydrogen) atoms. The summed E-state index contributed by atoms with van der Waals surface area (Å²) in [6.45, 7) is 1.91. The maximum atomic E-state index is 12.8. The van der Waals surface area contributed by atoms with Crippen molar-refractivity contribution in [2.24, 2.45) is 0 Å². The van der Waals surface area contributed by atoms with Crippen molar-refractivity contribution in [2.45, 2.75) is 6.92 Å². The smallest absolute Gasteiger partial charge is 0.269 e. The normalized spacial score (nSPS) is 10.5. The SMILES string of the molecule is Cc1ccc(C(=O)Nc2ccccc2C(=O)Nc2nnc(-c3ccc([N+](=O)[O-])cc3)s2)s1. The molecule has 0 spiro atoms. The molecule has 0 aliphatic carbocycles. The highest BCUT2D eigenvalue weighted by atomic mass is 32.1. The molecule has 0 bridgehead atoms. The molecule has 160 valence electrons. The Morgan fingerprint density at radius 2 is 1.66 bits per heavy atom. The number of aryl methyl sites for hydroxylation is 1. The number of aromatic nitrogens is 2. The fraction of sp³-hybridized carbons (Fsp3) is 0.0476. The highest BCUT2D eigenvalue weighted by Gasteiger charge is 2.17. The van der Waals surface area contributed by atoms with Crippen LogP contribution >= 0.6 is 22.7 Å². The predicted octanol–water partition coefficient (Wildman–Crippen LogP) is 4.99. The Balaban J connectivity index is 1.49. The van der Waals surface area contributed by atoms with E-state index >= 15 is 0 Å². The summed E-state index contributed by atoms with van der Waals surface area (Å²) in [5, 5.41) is 25.0. The monoisotopic (exact) mass is 465 g/mol. The molecule has 4 aromatic rings. The van der Waals surface area contributed by atoms with Crippen LogP contribution in [0.5, 0.6) is 0 Å². The Hall–Kier alpha value is -3.96. The molecule has 0 fully saturated rings. The molecule has 11 heteroatoms. The van der Waals surface area contributed by atoms with E-state index in [4.69, 9.17) is 0 Å². The van der Waals surface area contributed by atoms with Crippen molar-refractivity contribution in [1.82, 2.24) is 10.2 Å². The first kappa shape index (κ1) is 21.3. The fourth-order valence-corrected chi connectivity index (χ4v) is 4.32. The van der Waals surface area contributed by atoms with Crippen LogP contribution in [0.1, 0.15) is 24.9 Å². The lowest BCUT2D eigenvalue weighted by molar-refractivity contribution is -0.384. The molecule has 2 heterocycles. The first-order chi connectivity index (χ1) is 15.4. The molecule has 0 unspecified atom stereocenters. The number of hydrogen-bond acceptors (Lipinski definition) is 8. The molecule has 0 saturated carbocycles. The number of rotatable bonds is 6. The highest BCUT2D eigenvalue weighted by molar-refractivity contribution is 7.18. The second-order valence-electron chi connectivity index (χ2n) is 6.58. The molecule has 0 saturated heterocycles. The third-order valence-electron chi connectivity index (χ3n) is 4.35. The van der Waals surface area contributed by atoms with Gasteiger partial charge in [0, 0.05) is 22.6 Å². The zero-order chi connectivity index (χ0) is 22.7. The maximum Gasteiger partial charge on any atom is 0.269 e. The molecule has 0 atom stereocenters. The number of carbonyl (C=O) groups excluding carboxylic acids is 2. The molecule has 2 aromatic heterocycles. The summed E-state index contributed by atoms with van der Waals surface area (Å²) in [5.41, 5.74) is 1.28. The summed E-state index contributed by atoms with van der Waals surface area (Å²) in [4.78, 5) is 37.2. The lowest BCUT2D eigenvalue weighted by Gasteiger charge is -2.09. The van der Waals surface area contributed by atoms with Gasteiger partial charge in [0.1, 0.15) is 5.01 Å². The Morgan fingerprint density at radius 3 is 2.34 bits per heavy atom. The summed E-state index contributed by atoms with van der Waals surface area (Å²) in [7, 11) is 0. The van der Waals surface area contributed by atoms with Gasteiger partial charge in [-0.3, -0.25) is 25.0 Å². The van der Waals surface area contributed by atoms with Gasteiger partial charge in [-0.1, -0.05) is 23.5 Å². The number of thiophene rings is 1. The summed E-state index contributed by atoms with van der Waals surface area (Å²) in [6.07, 6.45) is 0. The topological polar surface area (TPSA) is 127 Å². The fourth-order valence-electron chi connectivity index (χ4n) is 2.81. The van der Waals surface area contributed by atoms with E-state index in [1.807, 2.05) is 13.0 Å². The van der Waals surface area contributed by atoms with Crippen LogP contribution in [0.4, 0.5) is 16.5 Å².